The molecule has 2 aromatic heterocycles. The van der Waals surface area contributed by atoms with E-state index in [4.69, 9.17) is 0 Å². The van der Waals surface area contributed by atoms with E-state index in [-0.39, 0.29) is 17.6 Å². The van der Waals surface area contributed by atoms with Gasteiger partial charge < -0.3 is 9.67 Å². The molecule has 30 heavy (non-hydrogen) atoms. The summed E-state index contributed by atoms with van der Waals surface area (Å²) < 4.78 is 15.5. The number of hydrogen-bond donors (Lipinski definition) is 1. The van der Waals surface area contributed by atoms with Crippen molar-refractivity contribution >= 4 is 10.9 Å². The Morgan fingerprint density at radius 2 is 1.90 bits per heavy atom. The average Bonchev–Trinajstić information content (AvgIpc) is 2.75. The first-order valence-corrected chi connectivity index (χ1v) is 9.85. The van der Waals surface area contributed by atoms with E-state index in [0.717, 1.165) is 34.3 Å². The first-order valence-electron chi connectivity index (χ1n) is 9.85. The van der Waals surface area contributed by atoms with Crippen molar-refractivity contribution in [2.24, 2.45) is 0 Å². The van der Waals surface area contributed by atoms with Crippen LogP contribution in [0, 0.1) is 5.82 Å². The van der Waals surface area contributed by atoms with Crippen molar-refractivity contribution < 1.29 is 9.50 Å². The molecule has 0 radical (unpaired) electrons. The van der Waals surface area contributed by atoms with Crippen LogP contribution in [0.3, 0.4) is 0 Å². The topological polar surface area (TPSA) is 58.4 Å². The van der Waals surface area contributed by atoms with Crippen molar-refractivity contribution in [1.82, 2.24) is 14.5 Å². The number of halogens is 1. The zero-order valence-corrected chi connectivity index (χ0v) is 16.2. The van der Waals surface area contributed by atoms with E-state index < -0.39 is 5.43 Å². The number of rotatable bonds is 3. The minimum Gasteiger partial charge on any atom is -0.503 e. The van der Waals surface area contributed by atoms with Crippen molar-refractivity contribution in [2.45, 2.75) is 19.1 Å². The molecular weight excluding hydrogens is 381 g/mol. The Kier molecular flexibility index (Phi) is 4.56. The van der Waals surface area contributed by atoms with Gasteiger partial charge in [-0.2, -0.15) is 0 Å². The second kappa shape index (κ2) is 7.39. The maximum absolute atomic E-state index is 13.6. The van der Waals surface area contributed by atoms with Crippen molar-refractivity contribution in [3.63, 3.8) is 0 Å². The number of nitrogens with zero attached hydrogens (tertiary/aromatic N) is 3. The fraction of sp³-hybridized carbons (Fsp3) is 0.167. The normalized spacial score (nSPS) is 16.5. The number of aromatic hydroxyl groups is 1. The predicted molar refractivity (Wildman–Crippen MR) is 113 cm³/mol. The molecule has 0 bridgehead atoms. The van der Waals surface area contributed by atoms with Crippen LogP contribution >= 0.6 is 0 Å². The summed E-state index contributed by atoms with van der Waals surface area (Å²) in [5, 5.41) is 10.9. The Morgan fingerprint density at radius 3 is 2.73 bits per heavy atom. The monoisotopic (exact) mass is 401 g/mol. The third-order valence-electron chi connectivity index (χ3n) is 5.65. The molecule has 5 rings (SSSR count). The van der Waals surface area contributed by atoms with Crippen LogP contribution in [0.5, 0.6) is 5.75 Å². The maximum Gasteiger partial charge on any atom is 0.223 e. The number of fused-ring (bicyclic) bond motifs is 2. The molecule has 0 amide bonds. The summed E-state index contributed by atoms with van der Waals surface area (Å²) in [6, 6.07) is 17.8. The number of pyridine rings is 2. The Bertz CT molecular complexity index is 1280. The molecule has 0 fully saturated rings. The second-order valence-electron chi connectivity index (χ2n) is 7.60. The minimum absolute atomic E-state index is 0.225. The molecule has 3 heterocycles. The van der Waals surface area contributed by atoms with Crippen LogP contribution in [-0.4, -0.2) is 26.1 Å². The van der Waals surface area contributed by atoms with Crippen molar-refractivity contribution in [3.8, 4) is 5.75 Å². The third-order valence-corrected chi connectivity index (χ3v) is 5.65. The van der Waals surface area contributed by atoms with Gasteiger partial charge >= 0.3 is 0 Å². The van der Waals surface area contributed by atoms with Gasteiger partial charge in [0.05, 0.1) is 17.8 Å². The molecule has 2 aromatic carbocycles. The smallest absolute Gasteiger partial charge is 0.223 e. The molecule has 0 aliphatic carbocycles. The van der Waals surface area contributed by atoms with E-state index >= 15 is 0 Å². The lowest BCUT2D eigenvalue weighted by Gasteiger charge is -2.38. The molecule has 0 saturated carbocycles. The average molecular weight is 401 g/mol. The van der Waals surface area contributed by atoms with Gasteiger partial charge in [-0.25, -0.2) is 4.39 Å². The van der Waals surface area contributed by atoms with E-state index in [1.165, 1.54) is 24.4 Å². The van der Waals surface area contributed by atoms with Crippen molar-refractivity contribution in [2.75, 3.05) is 6.54 Å². The lowest BCUT2D eigenvalue weighted by atomic mass is 9.97. The molecule has 6 heteroatoms. The van der Waals surface area contributed by atoms with E-state index in [0.29, 0.717) is 13.1 Å². The van der Waals surface area contributed by atoms with E-state index in [9.17, 15) is 14.3 Å². The highest BCUT2D eigenvalue weighted by atomic mass is 19.1. The summed E-state index contributed by atoms with van der Waals surface area (Å²) in [6.07, 6.45) is 3.27. The molecule has 1 atom stereocenters. The maximum atomic E-state index is 13.6. The summed E-state index contributed by atoms with van der Waals surface area (Å²) in [4.78, 5) is 18.8. The first kappa shape index (κ1) is 18.5. The van der Waals surface area contributed by atoms with Crippen LogP contribution in [0.25, 0.3) is 10.9 Å². The zero-order chi connectivity index (χ0) is 20.7. The standard InChI is InChI=1S/C24H20FN3O2/c25-19-6-4-17(5-7-19)24-21-13-22(29)23(30)15-27(21)10-11-28(24)14-16-3-8-20-18(12-16)2-1-9-26-20/h1-9,12-13,15,24,30H,10-11,14H2. The lowest BCUT2D eigenvalue weighted by Crippen LogP contribution is -2.39. The van der Waals surface area contributed by atoms with Gasteiger partial charge in [-0.3, -0.25) is 14.7 Å². The lowest BCUT2D eigenvalue weighted by molar-refractivity contribution is 0.172. The highest BCUT2D eigenvalue weighted by Crippen LogP contribution is 2.33. The molecule has 1 N–H and O–H groups in total. The van der Waals surface area contributed by atoms with Crippen molar-refractivity contribution in [1.29, 1.82) is 0 Å². The van der Waals surface area contributed by atoms with E-state index in [1.807, 2.05) is 22.8 Å². The Balaban J connectivity index is 1.57. The summed E-state index contributed by atoms with van der Waals surface area (Å²) in [5.74, 6) is -0.557. The summed E-state index contributed by atoms with van der Waals surface area (Å²) >= 11 is 0. The Hall–Kier alpha value is -3.51. The quantitative estimate of drug-likeness (QED) is 0.567. The molecule has 150 valence electrons. The van der Waals surface area contributed by atoms with E-state index in [2.05, 4.69) is 22.0 Å². The zero-order valence-electron chi connectivity index (χ0n) is 16.2. The van der Waals surface area contributed by atoms with Crippen molar-refractivity contribution in [3.05, 3.63) is 106 Å². The van der Waals surface area contributed by atoms with Gasteiger partial charge in [0.25, 0.3) is 0 Å². The predicted octanol–water partition coefficient (Wildman–Crippen LogP) is 3.85. The summed E-state index contributed by atoms with van der Waals surface area (Å²) in [7, 11) is 0. The highest BCUT2D eigenvalue weighted by Gasteiger charge is 2.29. The van der Waals surface area contributed by atoms with Gasteiger partial charge in [0.1, 0.15) is 5.82 Å². The van der Waals surface area contributed by atoms with E-state index in [1.54, 1.807) is 18.3 Å². The largest absolute Gasteiger partial charge is 0.503 e. The summed E-state index contributed by atoms with van der Waals surface area (Å²) in [6.45, 7) is 2.04. The SMILES string of the molecule is O=c1cc2n(cc1O)CCN(Cc1ccc3ncccc3c1)C2c1ccc(F)cc1. The molecule has 0 spiro atoms. The van der Waals surface area contributed by atoms with Gasteiger partial charge in [0.15, 0.2) is 5.75 Å². The molecule has 0 saturated heterocycles. The van der Waals surface area contributed by atoms with Gasteiger partial charge in [0.2, 0.25) is 5.43 Å². The van der Waals surface area contributed by atoms with Crippen LogP contribution in [0.15, 0.2) is 77.9 Å². The second-order valence-corrected chi connectivity index (χ2v) is 7.60. The Morgan fingerprint density at radius 1 is 1.07 bits per heavy atom. The van der Waals surface area contributed by atoms with Crippen LogP contribution in [0.4, 0.5) is 4.39 Å². The highest BCUT2D eigenvalue weighted by molar-refractivity contribution is 5.78. The first-order chi connectivity index (χ1) is 14.6. The molecule has 1 aliphatic heterocycles. The van der Waals surface area contributed by atoms with Crippen LogP contribution in [0.1, 0.15) is 22.9 Å². The third kappa shape index (κ3) is 3.35. The van der Waals surface area contributed by atoms with Crippen LogP contribution in [0.2, 0.25) is 0 Å². The van der Waals surface area contributed by atoms with Gasteiger partial charge in [-0.15, -0.1) is 0 Å². The summed E-state index contributed by atoms with van der Waals surface area (Å²) in [5.41, 5.74) is 3.36. The molecular formula is C24H20FN3O2. The van der Waals surface area contributed by atoms with Crippen LogP contribution in [-0.2, 0) is 13.1 Å². The molecule has 1 aliphatic rings. The van der Waals surface area contributed by atoms with Gasteiger partial charge in [0, 0.05) is 43.0 Å². The Labute approximate surface area is 172 Å². The number of hydrogen-bond acceptors (Lipinski definition) is 4. The van der Waals surface area contributed by atoms with Gasteiger partial charge in [-0.1, -0.05) is 24.3 Å². The fourth-order valence-electron chi connectivity index (χ4n) is 4.21. The fourth-order valence-corrected chi connectivity index (χ4v) is 4.21. The minimum atomic E-state index is -0.410. The number of aromatic nitrogens is 2. The van der Waals surface area contributed by atoms with Gasteiger partial charge in [-0.05, 0) is 41.5 Å². The molecule has 4 aromatic rings. The molecule has 5 nitrogen and oxygen atoms in total. The van der Waals surface area contributed by atoms with Crippen LogP contribution < -0.4 is 5.43 Å². The molecule has 1 unspecified atom stereocenters. The number of benzene rings is 2.